The molecule has 1 amide bonds. The molecule has 0 fully saturated rings. The number of hydrogen-bond acceptors (Lipinski definition) is 5. The van der Waals surface area contributed by atoms with Gasteiger partial charge in [-0.3, -0.25) is 9.78 Å². The monoisotopic (exact) mass is 342 g/mol. The minimum atomic E-state index is -0.534. The molecule has 0 saturated heterocycles. The lowest BCUT2D eigenvalue weighted by molar-refractivity contribution is -0.118. The third kappa shape index (κ3) is 4.41. The average Bonchev–Trinajstić information content (AvgIpc) is 2.98. The zero-order chi connectivity index (χ0) is 17.6. The van der Waals surface area contributed by atoms with E-state index in [2.05, 4.69) is 10.3 Å². The van der Waals surface area contributed by atoms with E-state index in [4.69, 9.17) is 13.9 Å². The predicted molar refractivity (Wildman–Crippen MR) is 93.2 cm³/mol. The van der Waals surface area contributed by atoms with E-state index in [9.17, 15) is 9.59 Å². The Bertz CT molecular complexity index is 911. The first-order chi connectivity index (χ1) is 12.1. The third-order valence-corrected chi connectivity index (χ3v) is 3.37. The van der Waals surface area contributed by atoms with Gasteiger partial charge in [-0.2, -0.15) is 0 Å². The highest BCUT2D eigenvalue weighted by atomic mass is 16.5. The van der Waals surface area contributed by atoms with Gasteiger partial charge in [0.05, 0.1) is 12.1 Å². The van der Waals surface area contributed by atoms with Crippen molar-refractivity contribution in [3.05, 3.63) is 53.0 Å². The van der Waals surface area contributed by atoms with Crippen LogP contribution in [-0.4, -0.2) is 24.1 Å². The van der Waals surface area contributed by atoms with Gasteiger partial charge in [0, 0.05) is 5.69 Å². The van der Waals surface area contributed by atoms with Gasteiger partial charge in [0.1, 0.15) is 11.5 Å². The molecule has 0 spiro atoms. The van der Waals surface area contributed by atoms with Crippen molar-refractivity contribution in [3.8, 4) is 11.5 Å². The maximum atomic E-state index is 12.0. The standard InChI is InChI=1S/C18H18N2O5/c1-2-9-23-13-4-6-14(7-5-13)24-11-17(21)19-12-3-8-16-15(10-12)20-18(22)25-16/h3-8,10H,2,9,11H2,1H3,(H,19,21)(H,20,22). The molecule has 25 heavy (non-hydrogen) atoms. The lowest BCUT2D eigenvalue weighted by atomic mass is 10.3. The number of aromatic amines is 1. The van der Waals surface area contributed by atoms with Crippen LogP contribution in [0.2, 0.25) is 0 Å². The zero-order valence-electron chi connectivity index (χ0n) is 13.7. The molecule has 130 valence electrons. The highest BCUT2D eigenvalue weighted by Gasteiger charge is 2.07. The van der Waals surface area contributed by atoms with E-state index in [0.29, 0.717) is 29.1 Å². The molecular weight excluding hydrogens is 324 g/mol. The van der Waals surface area contributed by atoms with E-state index in [1.165, 1.54) is 0 Å². The number of H-pyrrole nitrogens is 1. The number of carbonyl (C=O) groups is 1. The van der Waals surface area contributed by atoms with Crippen molar-refractivity contribution in [2.24, 2.45) is 0 Å². The van der Waals surface area contributed by atoms with Gasteiger partial charge in [-0.1, -0.05) is 6.92 Å². The van der Waals surface area contributed by atoms with Gasteiger partial charge >= 0.3 is 5.76 Å². The summed E-state index contributed by atoms with van der Waals surface area (Å²) in [6, 6.07) is 12.0. The summed E-state index contributed by atoms with van der Waals surface area (Å²) in [6.07, 6.45) is 0.941. The first kappa shape index (κ1) is 16.6. The van der Waals surface area contributed by atoms with Crippen molar-refractivity contribution in [1.82, 2.24) is 4.98 Å². The smallest absolute Gasteiger partial charge is 0.417 e. The van der Waals surface area contributed by atoms with E-state index in [1.54, 1.807) is 42.5 Å². The Morgan fingerprint density at radius 3 is 2.56 bits per heavy atom. The quantitative estimate of drug-likeness (QED) is 0.688. The van der Waals surface area contributed by atoms with Gasteiger partial charge in [0.15, 0.2) is 12.2 Å². The Morgan fingerprint density at radius 1 is 1.12 bits per heavy atom. The zero-order valence-corrected chi connectivity index (χ0v) is 13.7. The average molecular weight is 342 g/mol. The van der Waals surface area contributed by atoms with E-state index in [-0.39, 0.29) is 12.5 Å². The number of oxazole rings is 1. The van der Waals surface area contributed by atoms with E-state index in [1.807, 2.05) is 6.92 Å². The van der Waals surface area contributed by atoms with Gasteiger partial charge in [-0.25, -0.2) is 4.79 Å². The topological polar surface area (TPSA) is 93.6 Å². The van der Waals surface area contributed by atoms with Gasteiger partial charge in [-0.05, 0) is 48.9 Å². The molecule has 0 unspecified atom stereocenters. The summed E-state index contributed by atoms with van der Waals surface area (Å²) in [7, 11) is 0. The molecule has 0 aliphatic rings. The number of anilines is 1. The van der Waals surface area contributed by atoms with Crippen LogP contribution in [0.15, 0.2) is 51.7 Å². The second kappa shape index (κ2) is 7.57. The number of amides is 1. The van der Waals surface area contributed by atoms with Crippen molar-refractivity contribution >= 4 is 22.7 Å². The molecule has 7 heteroatoms. The van der Waals surface area contributed by atoms with Crippen molar-refractivity contribution in [2.75, 3.05) is 18.5 Å². The maximum Gasteiger partial charge on any atom is 0.417 e. The molecule has 1 aromatic heterocycles. The summed E-state index contributed by atoms with van der Waals surface area (Å²) < 4.78 is 15.8. The number of carbonyl (C=O) groups excluding carboxylic acids is 1. The van der Waals surface area contributed by atoms with E-state index < -0.39 is 5.76 Å². The fraction of sp³-hybridized carbons (Fsp3) is 0.222. The Hall–Kier alpha value is -3.22. The van der Waals surface area contributed by atoms with E-state index >= 15 is 0 Å². The number of hydrogen-bond donors (Lipinski definition) is 2. The van der Waals surface area contributed by atoms with Crippen LogP contribution in [0.5, 0.6) is 11.5 Å². The summed E-state index contributed by atoms with van der Waals surface area (Å²) in [4.78, 5) is 25.6. The first-order valence-electron chi connectivity index (χ1n) is 7.92. The summed E-state index contributed by atoms with van der Waals surface area (Å²) in [5.41, 5.74) is 1.50. The molecular formula is C18H18N2O5. The molecule has 7 nitrogen and oxygen atoms in total. The Labute approximate surface area is 143 Å². The highest BCUT2D eigenvalue weighted by Crippen LogP contribution is 2.18. The molecule has 2 N–H and O–H groups in total. The van der Waals surface area contributed by atoms with Crippen LogP contribution in [0, 0.1) is 0 Å². The van der Waals surface area contributed by atoms with Crippen molar-refractivity contribution < 1.29 is 18.7 Å². The van der Waals surface area contributed by atoms with Crippen molar-refractivity contribution in [2.45, 2.75) is 13.3 Å². The van der Waals surface area contributed by atoms with Gasteiger partial charge in [0.2, 0.25) is 0 Å². The van der Waals surface area contributed by atoms with Gasteiger partial charge < -0.3 is 19.2 Å². The minimum Gasteiger partial charge on any atom is -0.494 e. The molecule has 0 bridgehead atoms. The Balaban J connectivity index is 1.53. The minimum absolute atomic E-state index is 0.130. The fourth-order valence-electron chi connectivity index (χ4n) is 2.23. The second-order valence-electron chi connectivity index (χ2n) is 5.38. The predicted octanol–water partition coefficient (Wildman–Crippen LogP) is 2.93. The Morgan fingerprint density at radius 2 is 1.84 bits per heavy atom. The van der Waals surface area contributed by atoms with E-state index in [0.717, 1.165) is 12.2 Å². The van der Waals surface area contributed by atoms with Crippen molar-refractivity contribution in [3.63, 3.8) is 0 Å². The summed E-state index contributed by atoms with van der Waals surface area (Å²) in [6.45, 7) is 2.57. The van der Waals surface area contributed by atoms with Crippen LogP contribution in [0.4, 0.5) is 5.69 Å². The highest BCUT2D eigenvalue weighted by molar-refractivity contribution is 5.93. The third-order valence-electron chi connectivity index (χ3n) is 3.37. The second-order valence-corrected chi connectivity index (χ2v) is 5.38. The SMILES string of the molecule is CCCOc1ccc(OCC(=O)Nc2ccc3oc(=O)[nH]c3c2)cc1. The van der Waals surface area contributed by atoms with Gasteiger partial charge in [-0.15, -0.1) is 0 Å². The number of aromatic nitrogens is 1. The number of fused-ring (bicyclic) bond motifs is 1. The molecule has 3 aromatic rings. The molecule has 3 rings (SSSR count). The first-order valence-corrected chi connectivity index (χ1v) is 7.92. The lowest BCUT2D eigenvalue weighted by Crippen LogP contribution is -2.20. The van der Waals surface area contributed by atoms with Crippen LogP contribution in [0.3, 0.4) is 0 Å². The van der Waals surface area contributed by atoms with Crippen molar-refractivity contribution in [1.29, 1.82) is 0 Å². The molecule has 0 saturated carbocycles. The van der Waals surface area contributed by atoms with Crippen LogP contribution >= 0.6 is 0 Å². The fourth-order valence-corrected chi connectivity index (χ4v) is 2.23. The summed E-state index contributed by atoms with van der Waals surface area (Å²) >= 11 is 0. The molecule has 1 heterocycles. The largest absolute Gasteiger partial charge is 0.494 e. The Kier molecular flexibility index (Phi) is 5.03. The molecule has 0 radical (unpaired) electrons. The van der Waals surface area contributed by atoms with Crippen LogP contribution in [0.1, 0.15) is 13.3 Å². The van der Waals surface area contributed by atoms with Crippen LogP contribution in [0.25, 0.3) is 11.1 Å². The molecule has 2 aromatic carbocycles. The normalized spacial score (nSPS) is 10.6. The lowest BCUT2D eigenvalue weighted by Gasteiger charge is -2.09. The number of nitrogens with one attached hydrogen (secondary N) is 2. The number of rotatable bonds is 7. The molecule has 0 atom stereocenters. The van der Waals surface area contributed by atoms with Crippen LogP contribution < -0.4 is 20.5 Å². The summed E-state index contributed by atoms with van der Waals surface area (Å²) in [5.74, 6) is 0.499. The molecule has 0 aliphatic heterocycles. The summed E-state index contributed by atoms with van der Waals surface area (Å²) in [5, 5.41) is 2.70. The maximum absolute atomic E-state index is 12.0. The van der Waals surface area contributed by atoms with Gasteiger partial charge in [0.25, 0.3) is 5.91 Å². The number of ether oxygens (including phenoxy) is 2. The van der Waals surface area contributed by atoms with Crippen LogP contribution in [-0.2, 0) is 4.79 Å². The molecule has 0 aliphatic carbocycles. The number of benzene rings is 2.